The fourth-order valence-corrected chi connectivity index (χ4v) is 7.79. The molecule has 2 aliphatic heterocycles. The molecule has 0 unspecified atom stereocenters. The maximum atomic E-state index is 13.3. The molecule has 3 amide bonds. The van der Waals surface area contributed by atoms with Gasteiger partial charge in [0.2, 0.25) is 5.91 Å². The summed E-state index contributed by atoms with van der Waals surface area (Å²) in [6, 6.07) is 7.17. The second-order valence-electron chi connectivity index (χ2n) is 10.5. The Bertz CT molecular complexity index is 1020. The van der Waals surface area contributed by atoms with E-state index in [0.29, 0.717) is 30.4 Å². The number of hydrogen-bond acceptors (Lipinski definition) is 4. The molecule has 1 saturated carbocycles. The van der Waals surface area contributed by atoms with Crippen molar-refractivity contribution in [2.24, 2.45) is 4.99 Å². The number of urea groups is 1. The summed E-state index contributed by atoms with van der Waals surface area (Å²) in [6.45, 7) is 11.8. The Morgan fingerprint density at radius 3 is 2.41 bits per heavy atom. The molecule has 32 heavy (non-hydrogen) atoms. The van der Waals surface area contributed by atoms with Crippen LogP contribution in [0.2, 0.25) is 24.7 Å². The average molecular weight is 455 g/mol. The maximum absolute atomic E-state index is 13.3. The number of hydrogen-bond donors (Lipinski definition) is 2. The van der Waals surface area contributed by atoms with Crippen LogP contribution in [0.25, 0.3) is 0 Å². The number of para-hydroxylation sites is 2. The zero-order chi connectivity index (χ0) is 23.3. The van der Waals surface area contributed by atoms with E-state index in [0.717, 1.165) is 30.4 Å². The lowest BCUT2D eigenvalue weighted by Crippen LogP contribution is -2.55. The Kier molecular flexibility index (Phi) is 5.47. The van der Waals surface area contributed by atoms with Crippen molar-refractivity contribution in [3.63, 3.8) is 0 Å². The summed E-state index contributed by atoms with van der Waals surface area (Å²) in [6.07, 6.45) is 3.04. The Morgan fingerprint density at radius 2 is 1.81 bits per heavy atom. The van der Waals surface area contributed by atoms with E-state index in [-0.39, 0.29) is 17.0 Å². The van der Waals surface area contributed by atoms with Gasteiger partial charge in [0.25, 0.3) is 0 Å². The van der Waals surface area contributed by atoms with Gasteiger partial charge in [0.05, 0.1) is 39.5 Å². The number of ether oxygens (including phenoxy) is 1. The van der Waals surface area contributed by atoms with Crippen LogP contribution in [0.1, 0.15) is 33.1 Å². The van der Waals surface area contributed by atoms with Crippen LogP contribution in [-0.4, -0.2) is 56.5 Å². The first-order valence-electron chi connectivity index (χ1n) is 11.3. The molecule has 0 saturated heterocycles. The zero-order valence-electron chi connectivity index (χ0n) is 20.0. The molecule has 0 aromatic heterocycles. The van der Waals surface area contributed by atoms with Gasteiger partial charge in [0, 0.05) is 10.6 Å². The van der Waals surface area contributed by atoms with Crippen molar-refractivity contribution in [2.45, 2.75) is 63.3 Å². The minimum Gasteiger partial charge on any atom is -0.495 e. The Balaban J connectivity index is 1.50. The molecule has 0 bridgehead atoms. The molecule has 3 aliphatic rings. The lowest BCUT2D eigenvalue weighted by Gasteiger charge is -2.49. The van der Waals surface area contributed by atoms with Crippen LogP contribution in [0.3, 0.4) is 0 Å². The third-order valence-electron chi connectivity index (χ3n) is 7.68. The number of aliphatic imine (C=N–C) groups is 1. The molecule has 2 N–H and O–H groups in total. The highest BCUT2D eigenvalue weighted by atomic mass is 28.3. The number of carbonyl (C=O) groups excluding carboxylic acids is 2. The summed E-state index contributed by atoms with van der Waals surface area (Å²) in [5.41, 5.74) is 2.21. The number of nitrogens with one attached hydrogen (secondary N) is 2. The SMILES string of the molecule is COc1ccccc1NC(=O)N1CC2=C(CN=C2NC(=O)C2([Si](C)(C)C)CCC2)C1(C)C. The molecular formula is C24H34N4O3Si. The molecule has 172 valence electrons. The lowest BCUT2D eigenvalue weighted by molar-refractivity contribution is -0.125. The molecule has 0 spiro atoms. The Labute approximate surface area is 191 Å². The monoisotopic (exact) mass is 454 g/mol. The van der Waals surface area contributed by atoms with Gasteiger partial charge in [0.15, 0.2) is 0 Å². The quantitative estimate of drug-likeness (QED) is 0.661. The summed E-state index contributed by atoms with van der Waals surface area (Å²) >= 11 is 0. The molecule has 7 nitrogen and oxygen atoms in total. The van der Waals surface area contributed by atoms with Gasteiger partial charge in [-0.3, -0.25) is 9.79 Å². The number of nitrogens with zero attached hydrogens (tertiary/aromatic N) is 2. The van der Waals surface area contributed by atoms with E-state index < -0.39 is 13.6 Å². The number of rotatable bonds is 4. The van der Waals surface area contributed by atoms with Crippen molar-refractivity contribution in [1.29, 1.82) is 0 Å². The molecule has 0 radical (unpaired) electrons. The maximum Gasteiger partial charge on any atom is 0.322 e. The van der Waals surface area contributed by atoms with Crippen molar-refractivity contribution in [3.8, 4) is 5.75 Å². The van der Waals surface area contributed by atoms with Crippen molar-refractivity contribution in [3.05, 3.63) is 35.4 Å². The number of anilines is 1. The summed E-state index contributed by atoms with van der Waals surface area (Å²) in [7, 11) is -0.0893. The van der Waals surface area contributed by atoms with E-state index >= 15 is 0 Å². The molecule has 4 rings (SSSR count). The van der Waals surface area contributed by atoms with Gasteiger partial charge in [-0.1, -0.05) is 38.2 Å². The van der Waals surface area contributed by atoms with Crippen molar-refractivity contribution >= 4 is 31.5 Å². The largest absolute Gasteiger partial charge is 0.495 e. The molecule has 0 atom stereocenters. The second-order valence-corrected chi connectivity index (χ2v) is 16.0. The molecule has 2 heterocycles. The summed E-state index contributed by atoms with van der Waals surface area (Å²) < 4.78 is 5.36. The molecule has 1 aromatic carbocycles. The van der Waals surface area contributed by atoms with Gasteiger partial charge in [-0.05, 0) is 44.4 Å². The average Bonchev–Trinajstić information content (AvgIpc) is 3.18. The van der Waals surface area contributed by atoms with Gasteiger partial charge in [0.1, 0.15) is 11.6 Å². The predicted molar refractivity (Wildman–Crippen MR) is 130 cm³/mol. The first kappa shape index (κ1) is 22.6. The lowest BCUT2D eigenvalue weighted by atomic mass is 9.83. The molecule has 1 fully saturated rings. The fraction of sp³-hybridized carbons (Fsp3) is 0.542. The number of amidine groups is 1. The molecule has 1 aliphatic carbocycles. The number of benzene rings is 1. The highest BCUT2D eigenvalue weighted by Gasteiger charge is 2.54. The smallest absolute Gasteiger partial charge is 0.322 e. The van der Waals surface area contributed by atoms with Crippen molar-refractivity contribution in [1.82, 2.24) is 10.2 Å². The second kappa shape index (κ2) is 7.76. The molecule has 1 aromatic rings. The van der Waals surface area contributed by atoms with Crippen molar-refractivity contribution < 1.29 is 14.3 Å². The van der Waals surface area contributed by atoms with E-state index in [9.17, 15) is 9.59 Å². The van der Waals surface area contributed by atoms with Crippen LogP contribution in [0.5, 0.6) is 5.75 Å². The van der Waals surface area contributed by atoms with Gasteiger partial charge in [-0.15, -0.1) is 0 Å². The summed E-state index contributed by atoms with van der Waals surface area (Å²) in [5.74, 6) is 1.38. The Morgan fingerprint density at radius 1 is 1.12 bits per heavy atom. The van der Waals surface area contributed by atoms with Gasteiger partial charge in [-0.25, -0.2) is 4.79 Å². The third kappa shape index (κ3) is 3.45. The van der Waals surface area contributed by atoms with E-state index in [1.165, 1.54) is 0 Å². The van der Waals surface area contributed by atoms with E-state index in [2.05, 4.69) is 35.3 Å². The first-order valence-corrected chi connectivity index (χ1v) is 14.8. The van der Waals surface area contributed by atoms with E-state index in [4.69, 9.17) is 4.74 Å². The normalized spacial score (nSPS) is 20.9. The summed E-state index contributed by atoms with van der Waals surface area (Å²) in [4.78, 5) is 33.0. The standard InChI is InChI=1S/C24H34N4O3Si/c1-23(2)17-14-25-20(27-21(29)24(12-9-13-24)32(4,5)6)16(17)15-28(23)22(30)26-18-10-7-8-11-19(18)31-3/h7-8,10-11H,9,12-15H2,1-6H3,(H,26,30)(H,25,27,29). The van der Waals surface area contributed by atoms with E-state index in [1.54, 1.807) is 7.11 Å². The summed E-state index contributed by atoms with van der Waals surface area (Å²) in [5, 5.41) is 5.94. The molecule has 8 heteroatoms. The zero-order valence-corrected chi connectivity index (χ0v) is 21.0. The number of amides is 3. The number of carbonyl (C=O) groups is 2. The number of methoxy groups -OCH3 is 1. The Hall–Kier alpha value is -2.61. The van der Waals surface area contributed by atoms with Crippen molar-refractivity contribution in [2.75, 3.05) is 25.5 Å². The van der Waals surface area contributed by atoms with Crippen LogP contribution < -0.4 is 15.4 Å². The van der Waals surface area contributed by atoms with E-state index in [1.807, 2.05) is 43.0 Å². The first-order chi connectivity index (χ1) is 15.0. The fourth-order valence-electron chi connectivity index (χ4n) is 5.19. The van der Waals surface area contributed by atoms with Gasteiger partial charge >= 0.3 is 6.03 Å². The van der Waals surface area contributed by atoms with Gasteiger partial charge < -0.3 is 20.3 Å². The topological polar surface area (TPSA) is 83.0 Å². The van der Waals surface area contributed by atoms with Crippen LogP contribution in [0.15, 0.2) is 40.4 Å². The van der Waals surface area contributed by atoms with Crippen LogP contribution in [0, 0.1) is 0 Å². The molecular weight excluding hydrogens is 420 g/mol. The van der Waals surface area contributed by atoms with Gasteiger partial charge in [-0.2, -0.15) is 0 Å². The van der Waals surface area contributed by atoms with Crippen LogP contribution in [0.4, 0.5) is 10.5 Å². The highest BCUT2D eigenvalue weighted by molar-refractivity contribution is 6.82. The minimum atomic E-state index is -1.67. The third-order valence-corrected chi connectivity index (χ3v) is 11.3. The van der Waals surface area contributed by atoms with Crippen LogP contribution in [-0.2, 0) is 4.79 Å². The highest BCUT2D eigenvalue weighted by Crippen LogP contribution is 2.55. The predicted octanol–water partition coefficient (Wildman–Crippen LogP) is 4.41. The van der Waals surface area contributed by atoms with Crippen LogP contribution >= 0.6 is 0 Å². The minimum absolute atomic E-state index is 0.116.